The van der Waals surface area contributed by atoms with Crippen LogP contribution < -0.4 is 14.8 Å². The second kappa shape index (κ2) is 8.49. The van der Waals surface area contributed by atoms with Crippen molar-refractivity contribution in [3.8, 4) is 11.5 Å². The quantitative estimate of drug-likeness (QED) is 0.592. The molecule has 0 saturated heterocycles. The molecule has 7 heteroatoms. The van der Waals surface area contributed by atoms with Crippen LogP contribution in [0.25, 0.3) is 0 Å². The molecule has 0 aliphatic rings. The summed E-state index contributed by atoms with van der Waals surface area (Å²) in [5.74, 6) is -1.26. The molecule has 0 aromatic heterocycles. The number of amides is 1. The maximum absolute atomic E-state index is 12.3. The molecule has 0 saturated carbocycles. The minimum Gasteiger partial charge on any atom is -0.482 e. The third kappa shape index (κ3) is 5.65. The molecule has 7 nitrogen and oxygen atoms in total. The van der Waals surface area contributed by atoms with E-state index in [1.165, 1.54) is 12.1 Å². The van der Waals surface area contributed by atoms with E-state index in [-0.39, 0.29) is 18.1 Å². The highest BCUT2D eigenvalue weighted by Crippen LogP contribution is 2.19. The lowest BCUT2D eigenvalue weighted by molar-refractivity contribution is -0.139. The van der Waals surface area contributed by atoms with Gasteiger partial charge in [-0.15, -0.1) is 0 Å². The predicted molar refractivity (Wildman–Crippen MR) is 89.9 cm³/mol. The van der Waals surface area contributed by atoms with Crippen LogP contribution in [-0.2, 0) is 9.59 Å². The molecule has 0 spiro atoms. The third-order valence-electron chi connectivity index (χ3n) is 3.07. The summed E-state index contributed by atoms with van der Waals surface area (Å²) in [6, 6.07) is 12.6. The standard InChI is InChI=1S/C18H17NO6/c1-2-17(22)25-15-8-3-5-12(9-15)18(23)19-13-6-4-7-14(10-13)24-11-16(20)21/h3-10H,2,11H2,1H3,(H,19,23)(H,20,21). The van der Waals surface area contributed by atoms with Gasteiger partial charge >= 0.3 is 11.9 Å². The lowest BCUT2D eigenvalue weighted by Gasteiger charge is -2.09. The van der Waals surface area contributed by atoms with Crippen molar-refractivity contribution in [1.29, 1.82) is 0 Å². The topological polar surface area (TPSA) is 102 Å². The summed E-state index contributed by atoms with van der Waals surface area (Å²) in [5.41, 5.74) is 0.766. The first-order valence-electron chi connectivity index (χ1n) is 7.54. The molecule has 0 radical (unpaired) electrons. The summed E-state index contributed by atoms with van der Waals surface area (Å²) in [5, 5.41) is 11.3. The Hall–Kier alpha value is -3.35. The highest BCUT2D eigenvalue weighted by molar-refractivity contribution is 6.04. The van der Waals surface area contributed by atoms with Crippen LogP contribution in [0, 0.1) is 0 Å². The monoisotopic (exact) mass is 343 g/mol. The summed E-state index contributed by atoms with van der Waals surface area (Å²) in [6.45, 7) is 1.21. The van der Waals surface area contributed by atoms with Gasteiger partial charge in [-0.3, -0.25) is 9.59 Å². The van der Waals surface area contributed by atoms with E-state index in [1.54, 1.807) is 43.3 Å². The molecule has 1 amide bonds. The zero-order chi connectivity index (χ0) is 18.2. The summed E-state index contributed by atoms with van der Waals surface area (Å²) >= 11 is 0. The Morgan fingerprint density at radius 2 is 1.76 bits per heavy atom. The van der Waals surface area contributed by atoms with Gasteiger partial charge in [0.15, 0.2) is 6.61 Å². The summed E-state index contributed by atoms with van der Waals surface area (Å²) < 4.78 is 10.1. The molecule has 2 rings (SSSR count). The molecule has 2 N–H and O–H groups in total. The van der Waals surface area contributed by atoms with Gasteiger partial charge in [-0.25, -0.2) is 4.79 Å². The minimum atomic E-state index is -1.09. The van der Waals surface area contributed by atoms with Gasteiger partial charge in [0.1, 0.15) is 11.5 Å². The number of esters is 1. The van der Waals surface area contributed by atoms with Crippen molar-refractivity contribution in [3.63, 3.8) is 0 Å². The number of hydrogen-bond acceptors (Lipinski definition) is 5. The molecule has 0 aliphatic heterocycles. The Balaban J connectivity index is 2.06. The molecule has 0 atom stereocenters. The van der Waals surface area contributed by atoms with Gasteiger partial charge in [-0.05, 0) is 30.3 Å². The minimum absolute atomic E-state index is 0.236. The molecule has 0 aliphatic carbocycles. The van der Waals surface area contributed by atoms with Crippen molar-refractivity contribution in [1.82, 2.24) is 0 Å². The van der Waals surface area contributed by atoms with Crippen LogP contribution in [-0.4, -0.2) is 29.6 Å². The number of nitrogens with one attached hydrogen (secondary N) is 1. The molecular weight excluding hydrogens is 326 g/mol. The van der Waals surface area contributed by atoms with Crippen molar-refractivity contribution in [2.45, 2.75) is 13.3 Å². The number of aliphatic carboxylic acids is 1. The molecule has 0 heterocycles. The first-order valence-corrected chi connectivity index (χ1v) is 7.54. The highest BCUT2D eigenvalue weighted by Gasteiger charge is 2.10. The van der Waals surface area contributed by atoms with E-state index in [1.807, 2.05) is 0 Å². The largest absolute Gasteiger partial charge is 0.482 e. The van der Waals surface area contributed by atoms with Gasteiger partial charge in [0.2, 0.25) is 0 Å². The molecule has 2 aromatic carbocycles. The van der Waals surface area contributed by atoms with Crippen LogP contribution in [0.1, 0.15) is 23.7 Å². The predicted octanol–water partition coefficient (Wildman–Crippen LogP) is 2.72. The Morgan fingerprint density at radius 1 is 1.04 bits per heavy atom. The highest BCUT2D eigenvalue weighted by atomic mass is 16.5. The summed E-state index contributed by atoms with van der Waals surface area (Å²) in [6.07, 6.45) is 0.236. The van der Waals surface area contributed by atoms with Crippen LogP contribution in [0.4, 0.5) is 5.69 Å². The molecule has 0 unspecified atom stereocenters. The smallest absolute Gasteiger partial charge is 0.341 e. The van der Waals surface area contributed by atoms with Gasteiger partial charge < -0.3 is 19.9 Å². The number of rotatable bonds is 7. The van der Waals surface area contributed by atoms with Gasteiger partial charge in [-0.1, -0.05) is 19.1 Å². The van der Waals surface area contributed by atoms with Crippen molar-refractivity contribution in [3.05, 3.63) is 54.1 Å². The number of ether oxygens (including phenoxy) is 2. The van der Waals surface area contributed by atoms with Crippen molar-refractivity contribution in [2.24, 2.45) is 0 Å². The SMILES string of the molecule is CCC(=O)Oc1cccc(C(=O)Nc2cccc(OCC(=O)O)c2)c1. The Labute approximate surface area is 144 Å². The van der Waals surface area contributed by atoms with E-state index in [9.17, 15) is 14.4 Å². The van der Waals surface area contributed by atoms with Crippen LogP contribution in [0.3, 0.4) is 0 Å². The van der Waals surface area contributed by atoms with E-state index in [4.69, 9.17) is 14.6 Å². The first kappa shape index (κ1) is 18.0. The zero-order valence-electron chi connectivity index (χ0n) is 13.5. The molecule has 25 heavy (non-hydrogen) atoms. The fourth-order valence-electron chi connectivity index (χ4n) is 1.92. The van der Waals surface area contributed by atoms with E-state index in [2.05, 4.69) is 5.32 Å². The van der Waals surface area contributed by atoms with Gasteiger partial charge in [0, 0.05) is 23.7 Å². The number of anilines is 1. The average Bonchev–Trinajstić information content (AvgIpc) is 2.60. The number of hydrogen-bond donors (Lipinski definition) is 2. The third-order valence-corrected chi connectivity index (χ3v) is 3.07. The number of benzene rings is 2. The normalized spacial score (nSPS) is 9.96. The molecular formula is C18H17NO6. The Morgan fingerprint density at radius 3 is 2.48 bits per heavy atom. The van der Waals surface area contributed by atoms with Crippen LogP contribution in [0.5, 0.6) is 11.5 Å². The Bertz CT molecular complexity index is 787. The number of carbonyl (C=O) groups excluding carboxylic acids is 2. The lowest BCUT2D eigenvalue weighted by atomic mass is 10.2. The van der Waals surface area contributed by atoms with E-state index in [0.29, 0.717) is 17.0 Å². The van der Waals surface area contributed by atoms with E-state index in [0.717, 1.165) is 0 Å². The Kier molecular flexibility index (Phi) is 6.11. The van der Waals surface area contributed by atoms with Crippen LogP contribution in [0.2, 0.25) is 0 Å². The van der Waals surface area contributed by atoms with E-state index >= 15 is 0 Å². The average molecular weight is 343 g/mol. The lowest BCUT2D eigenvalue weighted by Crippen LogP contribution is -2.13. The molecule has 130 valence electrons. The maximum Gasteiger partial charge on any atom is 0.341 e. The number of carbonyl (C=O) groups is 3. The molecule has 0 fully saturated rings. The van der Waals surface area contributed by atoms with Crippen molar-refractivity contribution < 1.29 is 29.0 Å². The van der Waals surface area contributed by atoms with Gasteiger partial charge in [-0.2, -0.15) is 0 Å². The summed E-state index contributed by atoms with van der Waals surface area (Å²) in [4.78, 5) is 34.2. The molecule has 0 bridgehead atoms. The second-order valence-electron chi connectivity index (χ2n) is 5.02. The van der Waals surface area contributed by atoms with Crippen molar-refractivity contribution >= 4 is 23.5 Å². The van der Waals surface area contributed by atoms with Gasteiger partial charge in [0.25, 0.3) is 5.91 Å². The van der Waals surface area contributed by atoms with Crippen LogP contribution >= 0.6 is 0 Å². The van der Waals surface area contributed by atoms with Crippen LogP contribution in [0.15, 0.2) is 48.5 Å². The summed E-state index contributed by atoms with van der Waals surface area (Å²) in [7, 11) is 0. The van der Waals surface area contributed by atoms with E-state index < -0.39 is 18.5 Å². The van der Waals surface area contributed by atoms with Gasteiger partial charge in [0.05, 0.1) is 0 Å². The van der Waals surface area contributed by atoms with Crippen molar-refractivity contribution in [2.75, 3.05) is 11.9 Å². The second-order valence-corrected chi connectivity index (χ2v) is 5.02. The number of carboxylic acid groups (broad SMARTS) is 1. The fourth-order valence-corrected chi connectivity index (χ4v) is 1.92. The first-order chi connectivity index (χ1) is 12.0. The number of carboxylic acids is 1. The maximum atomic E-state index is 12.3. The molecule has 2 aromatic rings. The fraction of sp³-hybridized carbons (Fsp3) is 0.167. The zero-order valence-corrected chi connectivity index (χ0v) is 13.5.